The topological polar surface area (TPSA) is 326 Å². The maximum atomic E-state index is 13.7. The molecule has 3 aromatic heterocycles. The molecule has 24 nitrogen and oxygen atoms in total. The number of nitrogens with one attached hydrogen (secondary N) is 3. The van der Waals surface area contributed by atoms with E-state index in [1.807, 2.05) is 100 Å². The first-order valence-electron chi connectivity index (χ1n) is 40.3. The first-order chi connectivity index (χ1) is 54.7. The molecule has 0 spiro atoms. The highest BCUT2D eigenvalue weighted by Gasteiger charge is 2.42. The van der Waals surface area contributed by atoms with Crippen LogP contribution < -0.4 is 16.0 Å². The van der Waals surface area contributed by atoms with E-state index in [1.54, 1.807) is 88.4 Å². The van der Waals surface area contributed by atoms with Crippen LogP contribution in [-0.4, -0.2) is 199 Å². The summed E-state index contributed by atoms with van der Waals surface area (Å²) in [6, 6.07) is -2.08. The van der Waals surface area contributed by atoms with Crippen molar-refractivity contribution >= 4 is 87.4 Å². The number of aliphatic hydroxyl groups is 3. The Morgan fingerprint density at radius 2 is 0.800 bits per heavy atom. The maximum Gasteiger partial charge on any atom is 0.329 e. The molecule has 15 atom stereocenters. The molecule has 9 heterocycles. The molecule has 0 aromatic carbocycles. The zero-order valence-corrected chi connectivity index (χ0v) is 71.3. The van der Waals surface area contributed by atoms with Gasteiger partial charge in [0.25, 0.3) is 17.7 Å². The normalized spacial score (nSPS) is 29.6. The highest BCUT2D eigenvalue weighted by molar-refractivity contribution is 7.10. The van der Waals surface area contributed by atoms with E-state index in [2.05, 4.69) is 37.5 Å². The predicted octanol–water partition coefficient (Wildman–Crippen LogP) is 12.1. The summed E-state index contributed by atoms with van der Waals surface area (Å²) in [6.45, 7) is 30.6. The molecule has 3 saturated heterocycles. The summed E-state index contributed by atoms with van der Waals surface area (Å²) in [6.07, 6.45) is 28.9. The van der Waals surface area contributed by atoms with Gasteiger partial charge in [0.2, 0.25) is 17.7 Å². The zero-order chi connectivity index (χ0) is 84.2. The number of hydrogen-bond acceptors (Lipinski definition) is 21. The molecule has 0 aliphatic carbocycles. The van der Waals surface area contributed by atoms with Crippen molar-refractivity contribution in [3.05, 3.63) is 168 Å². The van der Waals surface area contributed by atoms with Crippen LogP contribution in [0.15, 0.2) is 136 Å². The van der Waals surface area contributed by atoms with Crippen molar-refractivity contribution in [3.63, 3.8) is 0 Å². The number of hydrogen-bond donors (Lipinski definition) is 6. The molecule has 6 bridgehead atoms. The minimum absolute atomic E-state index is 0.0258. The molecule has 3 aromatic rings. The lowest BCUT2D eigenvalue weighted by atomic mass is 9.93. The lowest BCUT2D eigenvalue weighted by Crippen LogP contribution is -2.44. The summed E-state index contributed by atoms with van der Waals surface area (Å²) in [5.74, 6) is -4.14. The van der Waals surface area contributed by atoms with Gasteiger partial charge in [0.05, 0.1) is 40.0 Å². The number of rotatable bonds is 4. The van der Waals surface area contributed by atoms with Crippen molar-refractivity contribution in [3.8, 4) is 0 Å². The van der Waals surface area contributed by atoms with Gasteiger partial charge in [-0.1, -0.05) is 171 Å². The molecule has 6 N–H and O–H groups in total. The van der Waals surface area contributed by atoms with E-state index in [0.29, 0.717) is 113 Å². The molecule has 115 heavy (non-hydrogen) atoms. The molecule has 628 valence electrons. The fourth-order valence-electron chi connectivity index (χ4n) is 14.7. The number of nitrogens with zero attached hydrogens (tertiary/aromatic N) is 6. The minimum atomic E-state index is -0.804. The molecule has 6 aliphatic heterocycles. The Labute approximate surface area is 689 Å². The number of carbonyl (C=O) groups is 9. The quantitative estimate of drug-likeness (QED) is 0.0803. The van der Waals surface area contributed by atoms with Crippen LogP contribution in [0.2, 0.25) is 0 Å². The van der Waals surface area contributed by atoms with E-state index in [-0.39, 0.29) is 83.2 Å². The number of cyclic esters (lactones) is 3. The van der Waals surface area contributed by atoms with E-state index in [0.717, 1.165) is 45.1 Å². The van der Waals surface area contributed by atoms with Crippen molar-refractivity contribution in [1.82, 2.24) is 45.6 Å². The lowest BCUT2D eigenvalue weighted by molar-refractivity contribution is -0.159. The van der Waals surface area contributed by atoms with Gasteiger partial charge >= 0.3 is 17.9 Å². The summed E-state index contributed by atoms with van der Waals surface area (Å²) in [5, 5.41) is 47.4. The molecule has 0 saturated carbocycles. The summed E-state index contributed by atoms with van der Waals surface area (Å²) in [5.41, 5.74) is 4.36. The molecule has 9 rings (SSSR count). The lowest BCUT2D eigenvalue weighted by Gasteiger charge is -2.29. The smallest absolute Gasteiger partial charge is 0.329 e. The molecule has 6 amide bonds. The van der Waals surface area contributed by atoms with E-state index >= 15 is 0 Å². The second kappa shape index (κ2) is 46.3. The third kappa shape index (κ3) is 29.8. The monoisotopic (exact) mass is 1650 g/mol. The van der Waals surface area contributed by atoms with E-state index in [1.165, 1.54) is 57.1 Å². The molecular formula is C87H120FN9O15S3. The van der Waals surface area contributed by atoms with E-state index in [4.69, 9.17) is 14.2 Å². The van der Waals surface area contributed by atoms with Crippen LogP contribution in [0.5, 0.6) is 0 Å². The zero-order valence-electron chi connectivity index (χ0n) is 68.9. The molecule has 0 unspecified atom stereocenters. The van der Waals surface area contributed by atoms with E-state index < -0.39 is 91.2 Å². The number of aliphatic hydroxyl groups excluding tert-OH is 3. The van der Waals surface area contributed by atoms with Gasteiger partial charge in [0.15, 0.2) is 0 Å². The second-order valence-electron chi connectivity index (χ2n) is 31.9. The Morgan fingerprint density at radius 1 is 0.478 bits per heavy atom. The SMILES string of the molecule is C=C1Cc2nc(cs2)C(=O)N2CCC[C@@H]2C(=O)O[C@H]([C@H](C)CF)[C@H](C)/C=C/C(=O)NC/C=C/C(C)=C/[C@@H](O)C1.CC1=C[C@@H](O)C[C@@H](C)Cc2nc(cs2)C(=O)N2CCC[C@@H]2C(=O)O[C@H](C(C)C)[C@H](C)/C=C/C(=O)NCC=C1.CC1=C[C@@H](O)C[C@H](C)Cc2nc(cs2)C(=O)N2CCC[C@@H]2C(=O)O[C@H](C(C)C)[C@H](C)/C=C/C(=O)NCC=C1. The number of amides is 6. The number of aromatic nitrogens is 3. The summed E-state index contributed by atoms with van der Waals surface area (Å²) < 4.78 is 31.3. The van der Waals surface area contributed by atoms with E-state index in [9.17, 15) is 62.9 Å². The third-order valence-corrected chi connectivity index (χ3v) is 23.3. The van der Waals surface area contributed by atoms with Crippen LogP contribution in [0.25, 0.3) is 0 Å². The number of halogens is 1. The van der Waals surface area contributed by atoms with Crippen LogP contribution in [0.4, 0.5) is 4.39 Å². The van der Waals surface area contributed by atoms with Gasteiger partial charge in [0, 0.05) is 98.3 Å². The fraction of sp³-hybridized carbons (Fsp3) is 0.563. The molecule has 28 heteroatoms. The van der Waals surface area contributed by atoms with Crippen molar-refractivity contribution < 1.29 is 77.1 Å². The number of thiazole rings is 3. The number of esters is 3. The van der Waals surface area contributed by atoms with Crippen molar-refractivity contribution in [2.45, 2.75) is 222 Å². The molecule has 0 radical (unpaired) electrons. The van der Waals surface area contributed by atoms with Crippen LogP contribution in [0, 0.1) is 47.3 Å². The fourth-order valence-corrected chi connectivity index (χ4v) is 17.5. The van der Waals surface area contributed by atoms with Crippen LogP contribution in [-0.2, 0) is 62.2 Å². The molecule has 3 fully saturated rings. The Kier molecular flexibility index (Phi) is 37.7. The Balaban J connectivity index is 0.000000239. The minimum Gasteiger partial charge on any atom is -0.460 e. The van der Waals surface area contributed by atoms with Gasteiger partial charge in [0.1, 0.15) is 53.5 Å². The van der Waals surface area contributed by atoms with Crippen LogP contribution in [0.3, 0.4) is 0 Å². The van der Waals surface area contributed by atoms with Crippen LogP contribution in [0.1, 0.15) is 194 Å². The Morgan fingerprint density at radius 3 is 1.15 bits per heavy atom. The predicted molar refractivity (Wildman–Crippen MR) is 446 cm³/mol. The van der Waals surface area contributed by atoms with Gasteiger partial charge in [-0.2, -0.15) is 0 Å². The first-order valence-corrected chi connectivity index (χ1v) is 42.9. The molecular weight excluding hydrogens is 1530 g/mol. The summed E-state index contributed by atoms with van der Waals surface area (Å²) in [7, 11) is 0. The largest absolute Gasteiger partial charge is 0.460 e. The molecule has 6 aliphatic rings. The Bertz CT molecular complexity index is 3940. The van der Waals surface area contributed by atoms with Gasteiger partial charge in [-0.05, 0) is 120 Å². The Hall–Kier alpha value is -8.67. The number of allylic oxidation sites excluding steroid dienone is 6. The van der Waals surface area contributed by atoms with Gasteiger partial charge in [-0.3, -0.25) is 33.2 Å². The van der Waals surface area contributed by atoms with Gasteiger partial charge < -0.3 is 60.2 Å². The number of ether oxygens (including phenoxy) is 3. The van der Waals surface area contributed by atoms with Crippen molar-refractivity contribution in [2.24, 2.45) is 47.3 Å². The van der Waals surface area contributed by atoms with Crippen molar-refractivity contribution in [1.29, 1.82) is 0 Å². The van der Waals surface area contributed by atoms with Crippen molar-refractivity contribution in [2.75, 3.05) is 45.9 Å². The second-order valence-corrected chi connectivity index (χ2v) is 34.8. The number of alkyl halides is 1. The van der Waals surface area contributed by atoms with Crippen LogP contribution >= 0.6 is 34.0 Å². The van der Waals surface area contributed by atoms with Gasteiger partial charge in [-0.15, -0.1) is 34.0 Å². The highest BCUT2D eigenvalue weighted by Crippen LogP contribution is 2.32. The standard InChI is InChI=1S/C29H38FN3O5S.2C29H41N3O5S/c1-18-7-5-11-31-25(35)10-9-20(3)27(21(4)16-30)38-29(37)24-8-6-12-33(24)28(36)23-17-39-26(32-23)15-19(2)14-22(34)13-18;2*1-18(2)27-21(5)10-11-25(34)30-12-6-8-19(3)14-22(33)15-20(4)16-26-31-23(17-38-26)28(35)32-13-7-9-24(32)29(36)37-27/h5,7,9-10,13,17,20-22,24,27,34H,2,6,8,11-12,14-16H2,1,3-4H3,(H,31,35);2*6,8,10-11,14,17-18,20-22,24,27,33H,7,9,12-13,15-16H2,1-5H3,(H,30,34)/b7-5+,10-9+,18-13+;2*8-6?,11-10+,19-14?/t20-,21-,22-,24-,27+;20-,21+,22+,24+,27+;20-,21-,22-,24-,27-/m101/s1. The summed E-state index contributed by atoms with van der Waals surface area (Å²) in [4.78, 5) is 135. The maximum absolute atomic E-state index is 13.7. The average Bonchev–Trinajstić information content (AvgIpc) is 1.69. The number of fused-ring (bicyclic) bond motifs is 9. The average molecular weight is 1650 g/mol. The highest BCUT2D eigenvalue weighted by atomic mass is 32.1. The third-order valence-electron chi connectivity index (χ3n) is 20.7. The number of carbonyl (C=O) groups excluding carboxylic acids is 9. The van der Waals surface area contributed by atoms with Gasteiger partial charge in [-0.25, -0.2) is 29.3 Å². The summed E-state index contributed by atoms with van der Waals surface area (Å²) >= 11 is 4.20. The first kappa shape index (κ1) is 93.5.